The van der Waals surface area contributed by atoms with Gasteiger partial charge in [-0.3, -0.25) is 4.79 Å². The van der Waals surface area contributed by atoms with Gasteiger partial charge in [-0.05, 0) is 39.7 Å². The summed E-state index contributed by atoms with van der Waals surface area (Å²) in [4.78, 5) is 26.7. The molecule has 142 valence electrons. The third kappa shape index (κ3) is 7.11. The number of rotatable bonds is 5. The summed E-state index contributed by atoms with van der Waals surface area (Å²) in [5.74, 6) is 2.32. The number of ether oxygens (including phenoxy) is 2. The minimum atomic E-state index is -1.28. The lowest BCUT2D eigenvalue weighted by Gasteiger charge is -2.40. The minimum Gasteiger partial charge on any atom is -0.465 e. The number of piperidine rings is 1. The van der Waals surface area contributed by atoms with Crippen LogP contribution in [-0.4, -0.2) is 50.3 Å². The Bertz CT molecular complexity index is 527. The van der Waals surface area contributed by atoms with Gasteiger partial charge in [-0.1, -0.05) is 19.6 Å². The molecule has 1 fully saturated rings. The zero-order valence-electron chi connectivity index (χ0n) is 16.6. The average Bonchev–Trinajstić information content (AvgIpc) is 2.44. The Labute approximate surface area is 153 Å². The van der Waals surface area contributed by atoms with Crippen LogP contribution in [0.15, 0.2) is 0 Å². The Morgan fingerprint density at radius 2 is 1.92 bits per heavy atom. The van der Waals surface area contributed by atoms with Crippen LogP contribution in [0.25, 0.3) is 0 Å². The van der Waals surface area contributed by atoms with Gasteiger partial charge in [0.2, 0.25) is 0 Å². The third-order valence-corrected chi connectivity index (χ3v) is 5.89. The van der Waals surface area contributed by atoms with Gasteiger partial charge in [0.1, 0.15) is 5.60 Å². The fraction of sp³-hybridized carbons (Fsp3) is 0.789. The van der Waals surface area contributed by atoms with Crippen molar-refractivity contribution in [1.82, 2.24) is 4.90 Å². The molecule has 1 unspecified atom stereocenters. The highest BCUT2D eigenvalue weighted by molar-refractivity contribution is 6.76. The summed E-state index contributed by atoms with van der Waals surface area (Å²) in [6.07, 6.45) is 6.75. The van der Waals surface area contributed by atoms with Crippen molar-refractivity contribution >= 4 is 20.1 Å². The second-order valence-corrected chi connectivity index (χ2v) is 14.7. The van der Waals surface area contributed by atoms with E-state index in [0.717, 1.165) is 6.04 Å². The van der Waals surface area contributed by atoms with Gasteiger partial charge in [0.25, 0.3) is 0 Å². The number of hydrogen-bond acceptors (Lipinski definition) is 4. The molecule has 1 amide bonds. The van der Waals surface area contributed by atoms with Crippen LogP contribution in [0.3, 0.4) is 0 Å². The molecule has 0 radical (unpaired) electrons. The van der Waals surface area contributed by atoms with Crippen molar-refractivity contribution in [2.45, 2.75) is 71.3 Å². The lowest BCUT2D eigenvalue weighted by atomic mass is 9.77. The fourth-order valence-electron chi connectivity index (χ4n) is 2.80. The lowest BCUT2D eigenvalue weighted by Crippen LogP contribution is -2.51. The molecule has 1 saturated heterocycles. The molecule has 0 bridgehead atoms. The van der Waals surface area contributed by atoms with Crippen molar-refractivity contribution < 1.29 is 19.1 Å². The predicted molar refractivity (Wildman–Crippen MR) is 102 cm³/mol. The molecule has 1 rings (SSSR count). The summed E-state index contributed by atoms with van der Waals surface area (Å²) < 4.78 is 11.0. The van der Waals surface area contributed by atoms with Gasteiger partial charge >= 0.3 is 12.1 Å². The highest BCUT2D eigenvalue weighted by atomic mass is 28.3. The monoisotopic (exact) mass is 367 g/mol. The van der Waals surface area contributed by atoms with Crippen LogP contribution in [-0.2, 0) is 14.3 Å². The fourth-order valence-corrected chi connectivity index (χ4v) is 3.51. The third-order valence-electron chi connectivity index (χ3n) is 4.19. The van der Waals surface area contributed by atoms with Crippen molar-refractivity contribution in [2.75, 3.05) is 19.7 Å². The molecule has 0 saturated carbocycles. The zero-order valence-corrected chi connectivity index (χ0v) is 17.6. The summed E-state index contributed by atoms with van der Waals surface area (Å²) in [6, 6.07) is 0.917. The summed E-state index contributed by atoms with van der Waals surface area (Å²) in [6.45, 7) is 13.5. The Morgan fingerprint density at radius 1 is 1.28 bits per heavy atom. The van der Waals surface area contributed by atoms with Crippen molar-refractivity contribution in [3.05, 3.63) is 0 Å². The van der Waals surface area contributed by atoms with Gasteiger partial charge in [0.05, 0.1) is 12.0 Å². The van der Waals surface area contributed by atoms with E-state index in [4.69, 9.17) is 15.9 Å². The molecular weight excluding hydrogens is 334 g/mol. The highest BCUT2D eigenvalue weighted by Crippen LogP contribution is 2.35. The van der Waals surface area contributed by atoms with Crippen LogP contribution in [0.4, 0.5) is 4.79 Å². The topological polar surface area (TPSA) is 55.8 Å². The summed E-state index contributed by atoms with van der Waals surface area (Å²) in [5, 5.41) is 0. The van der Waals surface area contributed by atoms with Crippen LogP contribution < -0.4 is 0 Å². The largest absolute Gasteiger partial charge is 0.465 e. The Hall–Kier alpha value is -1.48. The van der Waals surface area contributed by atoms with E-state index in [9.17, 15) is 9.59 Å². The van der Waals surface area contributed by atoms with E-state index in [1.807, 2.05) is 20.8 Å². The molecule has 0 aromatic carbocycles. The SMILES string of the molecule is C#CCC1(C(=O)OCC[Si](C)(C)C)CCCN(C(=O)OC(C)(C)C)C1. The van der Waals surface area contributed by atoms with Crippen LogP contribution in [0, 0.1) is 17.8 Å². The molecule has 1 aliphatic rings. The first-order chi connectivity index (χ1) is 11.4. The molecule has 0 aromatic heterocycles. The van der Waals surface area contributed by atoms with E-state index in [2.05, 4.69) is 25.6 Å². The van der Waals surface area contributed by atoms with Gasteiger partial charge < -0.3 is 14.4 Å². The number of esters is 1. The molecular formula is C19H33NO4Si. The maximum absolute atomic E-state index is 12.8. The Morgan fingerprint density at radius 3 is 2.44 bits per heavy atom. The van der Waals surface area contributed by atoms with E-state index < -0.39 is 25.2 Å². The second-order valence-electron chi connectivity index (χ2n) is 9.11. The van der Waals surface area contributed by atoms with E-state index in [1.165, 1.54) is 0 Å². The quantitative estimate of drug-likeness (QED) is 0.420. The molecule has 1 heterocycles. The first kappa shape index (κ1) is 21.6. The first-order valence-electron chi connectivity index (χ1n) is 8.97. The normalized spacial score (nSPS) is 21.4. The number of terminal acetylenes is 1. The molecule has 0 aromatic rings. The first-order valence-corrected chi connectivity index (χ1v) is 12.7. The second kappa shape index (κ2) is 8.26. The molecule has 0 N–H and O–H groups in total. The number of hydrogen-bond donors (Lipinski definition) is 0. The van der Waals surface area contributed by atoms with Crippen LogP contribution >= 0.6 is 0 Å². The smallest absolute Gasteiger partial charge is 0.410 e. The molecule has 6 heteroatoms. The zero-order chi connectivity index (χ0) is 19.3. The Kier molecular flexibility index (Phi) is 7.13. The summed E-state index contributed by atoms with van der Waals surface area (Å²) in [7, 11) is -1.28. The van der Waals surface area contributed by atoms with Crippen molar-refractivity contribution in [2.24, 2.45) is 5.41 Å². The van der Waals surface area contributed by atoms with Crippen molar-refractivity contribution in [3.8, 4) is 12.3 Å². The van der Waals surface area contributed by atoms with E-state index in [0.29, 0.717) is 26.0 Å². The molecule has 0 aliphatic carbocycles. The van der Waals surface area contributed by atoms with E-state index >= 15 is 0 Å². The van der Waals surface area contributed by atoms with Gasteiger partial charge in [-0.15, -0.1) is 12.3 Å². The number of carbonyl (C=O) groups is 2. The van der Waals surface area contributed by atoms with Crippen LogP contribution in [0.2, 0.25) is 25.7 Å². The Balaban J connectivity index is 2.80. The minimum absolute atomic E-state index is 0.262. The van der Waals surface area contributed by atoms with E-state index in [1.54, 1.807) is 4.90 Å². The number of amides is 1. The lowest BCUT2D eigenvalue weighted by molar-refractivity contribution is -0.158. The van der Waals surface area contributed by atoms with Crippen molar-refractivity contribution in [3.63, 3.8) is 0 Å². The number of carbonyl (C=O) groups excluding carboxylic acids is 2. The molecule has 0 spiro atoms. The van der Waals surface area contributed by atoms with Crippen LogP contribution in [0.1, 0.15) is 40.0 Å². The average molecular weight is 368 g/mol. The van der Waals surface area contributed by atoms with Gasteiger partial charge in [0.15, 0.2) is 0 Å². The van der Waals surface area contributed by atoms with E-state index in [-0.39, 0.29) is 18.9 Å². The molecule has 5 nitrogen and oxygen atoms in total. The maximum atomic E-state index is 12.8. The van der Waals surface area contributed by atoms with Gasteiger partial charge in [-0.25, -0.2) is 4.79 Å². The summed E-state index contributed by atoms with van der Waals surface area (Å²) in [5.41, 5.74) is -1.38. The number of likely N-dealkylation sites (tertiary alicyclic amines) is 1. The maximum Gasteiger partial charge on any atom is 0.410 e. The van der Waals surface area contributed by atoms with Gasteiger partial charge in [0, 0.05) is 27.6 Å². The summed E-state index contributed by atoms with van der Waals surface area (Å²) >= 11 is 0. The van der Waals surface area contributed by atoms with Crippen molar-refractivity contribution in [1.29, 1.82) is 0 Å². The van der Waals surface area contributed by atoms with Crippen LogP contribution in [0.5, 0.6) is 0 Å². The molecule has 1 atom stereocenters. The highest BCUT2D eigenvalue weighted by Gasteiger charge is 2.45. The molecule has 1 aliphatic heterocycles. The number of nitrogens with zero attached hydrogens (tertiary/aromatic N) is 1. The standard InChI is InChI=1S/C19H33NO4Si/c1-8-10-19(16(21)23-13-14-25(5,6)7)11-9-12-20(15-19)17(22)24-18(2,3)4/h1H,9-15H2,2-7H3. The predicted octanol–water partition coefficient (Wildman–Crippen LogP) is 3.91. The molecule has 25 heavy (non-hydrogen) atoms. The van der Waals surface area contributed by atoms with Gasteiger partial charge in [-0.2, -0.15) is 0 Å².